The fourth-order valence-electron chi connectivity index (χ4n) is 2.81. The lowest BCUT2D eigenvalue weighted by Crippen LogP contribution is -2.32. The Kier molecular flexibility index (Phi) is 8.23. The number of nitrogens with one attached hydrogen (secondary N) is 2. The Bertz CT molecular complexity index is 943. The quantitative estimate of drug-likeness (QED) is 0.483. The Balaban J connectivity index is 1.29. The third-order valence-electron chi connectivity index (χ3n) is 4.46. The van der Waals surface area contributed by atoms with Crippen molar-refractivity contribution < 1.29 is 23.4 Å². The summed E-state index contributed by atoms with van der Waals surface area (Å²) in [6.45, 7) is 7.28. The van der Waals surface area contributed by atoms with Crippen LogP contribution in [0.5, 0.6) is 0 Å². The summed E-state index contributed by atoms with van der Waals surface area (Å²) < 4.78 is 29.2. The summed E-state index contributed by atoms with van der Waals surface area (Å²) in [4.78, 5) is 11.7. The van der Waals surface area contributed by atoms with Crippen LogP contribution in [-0.2, 0) is 27.4 Å². The van der Waals surface area contributed by atoms with E-state index in [1.807, 2.05) is 45.0 Å². The Morgan fingerprint density at radius 1 is 1.09 bits per heavy atom. The molecule has 0 spiro atoms. The number of rotatable bonds is 8. The van der Waals surface area contributed by atoms with Gasteiger partial charge in [0.15, 0.2) is 0 Å². The molecule has 7 heteroatoms. The van der Waals surface area contributed by atoms with E-state index in [2.05, 4.69) is 22.5 Å². The highest BCUT2D eigenvalue weighted by atomic mass is 19.1. The molecular weight excluding hydrogens is 411 g/mol. The van der Waals surface area contributed by atoms with Gasteiger partial charge in [0, 0.05) is 12.1 Å². The summed E-state index contributed by atoms with van der Waals surface area (Å²) in [5, 5.41) is 5.94. The zero-order valence-corrected chi connectivity index (χ0v) is 18.6. The van der Waals surface area contributed by atoms with E-state index in [0.717, 1.165) is 16.7 Å². The predicted molar refractivity (Wildman–Crippen MR) is 119 cm³/mol. The third-order valence-corrected chi connectivity index (χ3v) is 4.46. The van der Waals surface area contributed by atoms with Gasteiger partial charge in [0.25, 0.3) is 0 Å². The van der Waals surface area contributed by atoms with Crippen molar-refractivity contribution in [3.8, 4) is 11.8 Å². The van der Waals surface area contributed by atoms with E-state index in [4.69, 9.17) is 14.2 Å². The molecule has 1 amide bonds. The average molecular weight is 441 g/mol. The Hall–Kier alpha value is -2.92. The average Bonchev–Trinajstić information content (AvgIpc) is 3.49. The van der Waals surface area contributed by atoms with Crippen LogP contribution in [0.4, 0.5) is 9.18 Å². The van der Waals surface area contributed by atoms with E-state index < -0.39 is 11.7 Å². The van der Waals surface area contributed by atoms with Crippen LogP contribution in [0.25, 0.3) is 0 Å². The number of benzene rings is 2. The van der Waals surface area contributed by atoms with Crippen LogP contribution in [-0.4, -0.2) is 37.2 Å². The number of epoxide rings is 1. The fraction of sp³-hybridized carbons (Fsp3) is 0.400. The first kappa shape index (κ1) is 23.7. The minimum atomic E-state index is -0.514. The van der Waals surface area contributed by atoms with Crippen LogP contribution >= 0.6 is 0 Å². The SMILES string of the molecule is CC(C)(C)OC(=O)NCc1ccc(C#CCNC2OC2COCc2ccc(F)cc2)cc1. The molecule has 32 heavy (non-hydrogen) atoms. The number of alkyl carbamates (subject to hydrolysis) is 1. The molecule has 0 radical (unpaired) electrons. The Morgan fingerprint density at radius 2 is 1.78 bits per heavy atom. The summed E-state index contributed by atoms with van der Waals surface area (Å²) in [5.74, 6) is 5.91. The molecule has 2 atom stereocenters. The van der Waals surface area contributed by atoms with Gasteiger partial charge in [-0.2, -0.15) is 0 Å². The minimum absolute atomic E-state index is 0.00834. The Labute approximate surface area is 188 Å². The van der Waals surface area contributed by atoms with E-state index in [0.29, 0.717) is 26.3 Å². The van der Waals surface area contributed by atoms with Gasteiger partial charge in [-0.25, -0.2) is 9.18 Å². The third kappa shape index (κ3) is 8.67. The molecular formula is C25H29FN2O4. The summed E-state index contributed by atoms with van der Waals surface area (Å²) >= 11 is 0. The lowest BCUT2D eigenvalue weighted by Gasteiger charge is -2.19. The van der Waals surface area contributed by atoms with Gasteiger partial charge in [-0.3, -0.25) is 5.32 Å². The van der Waals surface area contributed by atoms with Gasteiger partial charge in [-0.05, 0) is 56.2 Å². The normalized spacial score (nSPS) is 17.2. The van der Waals surface area contributed by atoms with Crippen molar-refractivity contribution in [3.05, 3.63) is 71.0 Å². The number of carbonyl (C=O) groups is 1. The van der Waals surface area contributed by atoms with Gasteiger partial charge in [0.05, 0.1) is 19.8 Å². The van der Waals surface area contributed by atoms with Crippen LogP contribution in [0, 0.1) is 17.7 Å². The first-order chi connectivity index (χ1) is 15.3. The molecule has 170 valence electrons. The maximum atomic E-state index is 12.9. The topological polar surface area (TPSA) is 72.1 Å². The second-order valence-corrected chi connectivity index (χ2v) is 8.47. The molecule has 1 aliphatic rings. The molecule has 3 rings (SSSR count). The van der Waals surface area contributed by atoms with Gasteiger partial charge in [0.1, 0.15) is 23.8 Å². The molecule has 2 aromatic carbocycles. The van der Waals surface area contributed by atoms with Gasteiger partial charge in [-0.15, -0.1) is 0 Å². The van der Waals surface area contributed by atoms with Crippen LogP contribution in [0.1, 0.15) is 37.5 Å². The second-order valence-electron chi connectivity index (χ2n) is 8.47. The summed E-state index contributed by atoms with van der Waals surface area (Å²) in [6, 6.07) is 13.9. The zero-order chi connectivity index (χ0) is 23.0. The van der Waals surface area contributed by atoms with Gasteiger partial charge in [0.2, 0.25) is 0 Å². The van der Waals surface area contributed by atoms with E-state index in [-0.39, 0.29) is 18.1 Å². The lowest BCUT2D eigenvalue weighted by atomic mass is 10.1. The number of hydrogen-bond donors (Lipinski definition) is 2. The monoisotopic (exact) mass is 440 g/mol. The van der Waals surface area contributed by atoms with Crippen molar-refractivity contribution in [2.45, 2.75) is 51.9 Å². The van der Waals surface area contributed by atoms with Gasteiger partial charge in [-0.1, -0.05) is 36.1 Å². The highest BCUT2D eigenvalue weighted by Crippen LogP contribution is 2.19. The fourth-order valence-corrected chi connectivity index (χ4v) is 2.81. The van der Waals surface area contributed by atoms with Gasteiger partial charge < -0.3 is 19.5 Å². The largest absolute Gasteiger partial charge is 0.444 e. The van der Waals surface area contributed by atoms with Crippen LogP contribution in [0.15, 0.2) is 48.5 Å². The first-order valence-electron chi connectivity index (χ1n) is 10.5. The second kappa shape index (κ2) is 11.1. The number of amides is 1. The van der Waals surface area contributed by atoms with Crippen LogP contribution in [0.2, 0.25) is 0 Å². The standard InChI is InChI=1S/C25H29FN2O4/c1-25(2,3)32-24(29)28-15-19-8-6-18(7-9-19)5-4-14-27-23-22(31-23)17-30-16-20-10-12-21(26)13-11-20/h6-13,22-23,27H,14-17H2,1-3H3,(H,28,29). The zero-order valence-electron chi connectivity index (χ0n) is 18.6. The molecule has 1 saturated heterocycles. The van der Waals surface area contributed by atoms with Crippen molar-refractivity contribution in [1.82, 2.24) is 10.6 Å². The number of carbonyl (C=O) groups excluding carboxylic acids is 1. The van der Waals surface area contributed by atoms with Crippen molar-refractivity contribution in [2.24, 2.45) is 0 Å². The molecule has 2 unspecified atom stereocenters. The number of halogens is 1. The summed E-state index contributed by atoms with van der Waals surface area (Å²) in [6.07, 6.45) is -0.485. The lowest BCUT2D eigenvalue weighted by molar-refractivity contribution is 0.0523. The molecule has 0 saturated carbocycles. The molecule has 2 aromatic rings. The molecule has 2 N–H and O–H groups in total. The molecule has 1 heterocycles. The Morgan fingerprint density at radius 3 is 2.47 bits per heavy atom. The number of ether oxygens (including phenoxy) is 3. The van der Waals surface area contributed by atoms with E-state index >= 15 is 0 Å². The summed E-state index contributed by atoms with van der Waals surface area (Å²) in [7, 11) is 0. The van der Waals surface area contributed by atoms with Crippen molar-refractivity contribution in [2.75, 3.05) is 13.2 Å². The highest BCUT2D eigenvalue weighted by molar-refractivity contribution is 5.67. The number of hydrogen-bond acceptors (Lipinski definition) is 5. The van der Waals surface area contributed by atoms with Gasteiger partial charge >= 0.3 is 6.09 Å². The van der Waals surface area contributed by atoms with E-state index in [1.54, 1.807) is 12.1 Å². The minimum Gasteiger partial charge on any atom is -0.444 e. The first-order valence-corrected chi connectivity index (χ1v) is 10.5. The van der Waals surface area contributed by atoms with Crippen LogP contribution < -0.4 is 10.6 Å². The molecule has 0 bridgehead atoms. The van der Waals surface area contributed by atoms with E-state index in [1.165, 1.54) is 12.1 Å². The summed E-state index contributed by atoms with van der Waals surface area (Å²) in [5.41, 5.74) is 2.27. The molecule has 1 fully saturated rings. The maximum absolute atomic E-state index is 12.9. The maximum Gasteiger partial charge on any atom is 0.407 e. The van der Waals surface area contributed by atoms with Crippen LogP contribution in [0.3, 0.4) is 0 Å². The molecule has 0 aliphatic carbocycles. The van der Waals surface area contributed by atoms with Crippen molar-refractivity contribution in [3.63, 3.8) is 0 Å². The molecule has 6 nitrogen and oxygen atoms in total. The molecule has 0 aromatic heterocycles. The van der Waals surface area contributed by atoms with E-state index in [9.17, 15) is 9.18 Å². The smallest absolute Gasteiger partial charge is 0.407 e. The van der Waals surface area contributed by atoms with Crippen molar-refractivity contribution >= 4 is 6.09 Å². The molecule has 1 aliphatic heterocycles. The predicted octanol–water partition coefficient (Wildman–Crippen LogP) is 3.73. The van der Waals surface area contributed by atoms with Crippen molar-refractivity contribution in [1.29, 1.82) is 0 Å². The highest BCUT2D eigenvalue weighted by Gasteiger charge is 2.38.